The number of ether oxygens (including phenoxy) is 1. The molecule has 0 atom stereocenters. The van der Waals surface area contributed by atoms with Crippen LogP contribution in [0.15, 0.2) is 77.4 Å². The van der Waals surface area contributed by atoms with E-state index in [1.165, 1.54) is 6.26 Å². The number of para-hydroxylation sites is 1. The molecule has 3 aromatic rings. The lowest BCUT2D eigenvalue weighted by atomic mass is 10.3. The van der Waals surface area contributed by atoms with Crippen molar-refractivity contribution < 1.29 is 13.9 Å². The molecule has 6 heteroatoms. The van der Waals surface area contributed by atoms with E-state index in [4.69, 9.17) is 21.4 Å². The molecule has 1 amide bonds. The molecule has 0 saturated carbocycles. The number of carbonyl (C=O) groups is 1. The van der Waals surface area contributed by atoms with Gasteiger partial charge < -0.3 is 14.5 Å². The Morgan fingerprint density at radius 2 is 1.62 bits per heavy atom. The number of amides is 1. The first kappa shape index (κ1) is 15.8. The molecule has 0 aliphatic heterocycles. The van der Waals surface area contributed by atoms with Crippen LogP contribution in [0.1, 0.15) is 10.6 Å². The van der Waals surface area contributed by atoms with Gasteiger partial charge in [0.05, 0.1) is 6.26 Å². The Hall–Kier alpha value is -3.12. The molecule has 0 fully saturated rings. The second-order valence-corrected chi connectivity index (χ2v) is 5.23. The molecule has 0 saturated heterocycles. The van der Waals surface area contributed by atoms with E-state index in [-0.39, 0.29) is 10.9 Å². The number of anilines is 1. The minimum atomic E-state index is -0.401. The zero-order valence-electron chi connectivity index (χ0n) is 12.6. The topological polar surface area (TPSA) is 63.5 Å². The summed E-state index contributed by atoms with van der Waals surface area (Å²) < 4.78 is 10.7. The SMILES string of the molecule is O=C(NC(=S)Nc1ccc(Oc2ccccc2)cc1)c1ccco1. The van der Waals surface area contributed by atoms with E-state index >= 15 is 0 Å². The Morgan fingerprint density at radius 3 is 2.29 bits per heavy atom. The molecule has 0 aliphatic rings. The molecule has 120 valence electrons. The van der Waals surface area contributed by atoms with Crippen molar-refractivity contribution in [2.75, 3.05) is 5.32 Å². The lowest BCUT2D eigenvalue weighted by Gasteiger charge is -2.10. The summed E-state index contributed by atoms with van der Waals surface area (Å²) in [5.74, 6) is 1.27. The molecule has 2 aromatic carbocycles. The Balaban J connectivity index is 1.56. The molecule has 0 radical (unpaired) electrons. The highest BCUT2D eigenvalue weighted by atomic mass is 32.1. The molecule has 1 heterocycles. The molecule has 0 bridgehead atoms. The van der Waals surface area contributed by atoms with Crippen LogP contribution in [0.2, 0.25) is 0 Å². The minimum absolute atomic E-state index is 0.188. The quantitative estimate of drug-likeness (QED) is 0.698. The number of hydrogen-bond acceptors (Lipinski definition) is 4. The van der Waals surface area contributed by atoms with Crippen LogP contribution in [0.4, 0.5) is 5.69 Å². The Morgan fingerprint density at radius 1 is 0.917 bits per heavy atom. The molecule has 24 heavy (non-hydrogen) atoms. The number of rotatable bonds is 4. The van der Waals surface area contributed by atoms with Gasteiger partial charge in [0.25, 0.3) is 5.91 Å². The van der Waals surface area contributed by atoms with Gasteiger partial charge in [0.2, 0.25) is 0 Å². The fourth-order valence-electron chi connectivity index (χ4n) is 1.97. The van der Waals surface area contributed by atoms with Gasteiger partial charge in [-0.2, -0.15) is 0 Å². The minimum Gasteiger partial charge on any atom is -0.459 e. The molecule has 0 aliphatic carbocycles. The summed E-state index contributed by atoms with van der Waals surface area (Å²) in [6.45, 7) is 0. The number of hydrogen-bond donors (Lipinski definition) is 2. The summed E-state index contributed by atoms with van der Waals surface area (Å²) in [6, 6.07) is 19.9. The van der Waals surface area contributed by atoms with Crippen molar-refractivity contribution in [1.82, 2.24) is 5.32 Å². The van der Waals surface area contributed by atoms with E-state index in [0.29, 0.717) is 5.75 Å². The maximum atomic E-state index is 11.8. The molecule has 2 N–H and O–H groups in total. The lowest BCUT2D eigenvalue weighted by Crippen LogP contribution is -2.33. The van der Waals surface area contributed by atoms with Gasteiger partial charge in [0, 0.05) is 5.69 Å². The van der Waals surface area contributed by atoms with E-state index in [2.05, 4.69) is 10.6 Å². The first-order valence-electron chi connectivity index (χ1n) is 7.19. The third-order valence-electron chi connectivity index (χ3n) is 3.06. The van der Waals surface area contributed by atoms with Gasteiger partial charge in [-0.1, -0.05) is 18.2 Å². The molecule has 0 unspecified atom stereocenters. The zero-order valence-corrected chi connectivity index (χ0v) is 13.4. The van der Waals surface area contributed by atoms with Crippen molar-refractivity contribution in [3.8, 4) is 11.5 Å². The van der Waals surface area contributed by atoms with Crippen LogP contribution in [0.5, 0.6) is 11.5 Å². The predicted octanol–water partition coefficient (Wildman–Crippen LogP) is 4.20. The van der Waals surface area contributed by atoms with Crippen LogP contribution in [-0.4, -0.2) is 11.0 Å². The van der Waals surface area contributed by atoms with Gasteiger partial charge in [0.15, 0.2) is 10.9 Å². The highest BCUT2D eigenvalue weighted by molar-refractivity contribution is 7.80. The number of nitrogens with one attached hydrogen (secondary N) is 2. The standard InChI is InChI=1S/C18H14N2O3S/c21-17(16-7-4-12-22-16)20-18(24)19-13-8-10-15(11-9-13)23-14-5-2-1-3-6-14/h1-12H,(H2,19,20,21,24). The van der Waals surface area contributed by atoms with Crippen LogP contribution in [0.25, 0.3) is 0 Å². The lowest BCUT2D eigenvalue weighted by molar-refractivity contribution is 0.0950. The smallest absolute Gasteiger partial charge is 0.293 e. The van der Waals surface area contributed by atoms with Gasteiger partial charge in [-0.3, -0.25) is 10.1 Å². The predicted molar refractivity (Wildman–Crippen MR) is 95.4 cm³/mol. The summed E-state index contributed by atoms with van der Waals surface area (Å²) in [5.41, 5.74) is 0.736. The van der Waals surface area contributed by atoms with E-state index in [1.807, 2.05) is 54.6 Å². The number of thiocarbonyl (C=S) groups is 1. The van der Waals surface area contributed by atoms with Crippen molar-refractivity contribution in [3.63, 3.8) is 0 Å². The van der Waals surface area contributed by atoms with Crippen LogP contribution < -0.4 is 15.4 Å². The average Bonchev–Trinajstić information content (AvgIpc) is 3.12. The zero-order chi connectivity index (χ0) is 16.8. The van der Waals surface area contributed by atoms with Gasteiger partial charge in [-0.15, -0.1) is 0 Å². The van der Waals surface area contributed by atoms with E-state index in [9.17, 15) is 4.79 Å². The Kier molecular flexibility index (Phi) is 4.88. The number of benzene rings is 2. The monoisotopic (exact) mass is 338 g/mol. The summed E-state index contributed by atoms with van der Waals surface area (Å²) >= 11 is 5.11. The van der Waals surface area contributed by atoms with Gasteiger partial charge in [-0.25, -0.2) is 0 Å². The first-order chi connectivity index (χ1) is 11.7. The average molecular weight is 338 g/mol. The van der Waals surface area contributed by atoms with Crippen molar-refractivity contribution in [1.29, 1.82) is 0 Å². The molecule has 0 spiro atoms. The first-order valence-corrected chi connectivity index (χ1v) is 7.60. The van der Waals surface area contributed by atoms with E-state index in [0.717, 1.165) is 11.4 Å². The van der Waals surface area contributed by atoms with Crippen molar-refractivity contribution >= 4 is 28.9 Å². The highest BCUT2D eigenvalue weighted by Gasteiger charge is 2.10. The Labute approximate surface area is 144 Å². The van der Waals surface area contributed by atoms with Crippen molar-refractivity contribution in [2.24, 2.45) is 0 Å². The highest BCUT2D eigenvalue weighted by Crippen LogP contribution is 2.22. The van der Waals surface area contributed by atoms with Gasteiger partial charge in [0.1, 0.15) is 11.5 Å². The molecule has 5 nitrogen and oxygen atoms in total. The van der Waals surface area contributed by atoms with Crippen molar-refractivity contribution in [3.05, 3.63) is 78.8 Å². The molecular formula is C18H14N2O3S. The third-order valence-corrected chi connectivity index (χ3v) is 3.27. The largest absolute Gasteiger partial charge is 0.459 e. The van der Waals surface area contributed by atoms with Gasteiger partial charge in [-0.05, 0) is 60.7 Å². The number of carbonyl (C=O) groups excluding carboxylic acids is 1. The van der Waals surface area contributed by atoms with Crippen LogP contribution in [0, 0.1) is 0 Å². The summed E-state index contributed by atoms with van der Waals surface area (Å²) in [4.78, 5) is 11.8. The third kappa shape index (κ3) is 4.21. The van der Waals surface area contributed by atoms with Gasteiger partial charge >= 0.3 is 0 Å². The maximum absolute atomic E-state index is 11.8. The fraction of sp³-hybridized carbons (Fsp3) is 0. The second-order valence-electron chi connectivity index (χ2n) is 4.83. The molecular weight excluding hydrogens is 324 g/mol. The second kappa shape index (κ2) is 7.43. The van der Waals surface area contributed by atoms with Crippen molar-refractivity contribution in [2.45, 2.75) is 0 Å². The van der Waals surface area contributed by atoms with Crippen LogP contribution in [0.3, 0.4) is 0 Å². The number of furan rings is 1. The Bertz CT molecular complexity index is 815. The normalized spacial score (nSPS) is 10.0. The fourth-order valence-corrected chi connectivity index (χ4v) is 2.18. The summed E-state index contributed by atoms with van der Waals surface area (Å²) in [7, 11) is 0. The van der Waals surface area contributed by atoms with E-state index < -0.39 is 5.91 Å². The van der Waals surface area contributed by atoms with Crippen LogP contribution in [-0.2, 0) is 0 Å². The van der Waals surface area contributed by atoms with E-state index in [1.54, 1.807) is 12.1 Å². The summed E-state index contributed by atoms with van der Waals surface area (Å²) in [5, 5.41) is 5.66. The molecule has 1 aromatic heterocycles. The summed E-state index contributed by atoms with van der Waals surface area (Å²) in [6.07, 6.45) is 1.43. The molecule has 3 rings (SSSR count). The maximum Gasteiger partial charge on any atom is 0.293 e. The van der Waals surface area contributed by atoms with Crippen LogP contribution >= 0.6 is 12.2 Å².